The minimum atomic E-state index is -0.429. The molecule has 1 heterocycles. The van der Waals surface area contributed by atoms with Gasteiger partial charge in [0.05, 0.1) is 9.89 Å². The lowest BCUT2D eigenvalue weighted by Gasteiger charge is -2.11. The lowest BCUT2D eigenvalue weighted by molar-refractivity contribution is 0.175. The molecule has 0 amide bonds. The van der Waals surface area contributed by atoms with Gasteiger partial charge in [0.1, 0.15) is 0 Å². The van der Waals surface area contributed by atoms with Crippen LogP contribution in [0.15, 0.2) is 46.3 Å². The topological polar surface area (TPSA) is 32.3 Å². The van der Waals surface area contributed by atoms with E-state index in [2.05, 4.69) is 33.4 Å². The Morgan fingerprint density at radius 2 is 1.94 bits per heavy atom. The average Bonchev–Trinajstić information content (AvgIpc) is 2.81. The first-order valence-corrected chi connectivity index (χ1v) is 7.54. The van der Waals surface area contributed by atoms with Gasteiger partial charge in [-0.3, -0.25) is 0 Å². The molecule has 0 aliphatic heterocycles. The Hall–Kier alpha value is -0.680. The maximum atomic E-state index is 9.95. The summed E-state index contributed by atoms with van der Waals surface area (Å²) >= 11 is 5.21. The fourth-order valence-corrected chi connectivity index (χ4v) is 3.21. The second-order valence-electron chi connectivity index (χ2n) is 4.09. The molecule has 1 aromatic heterocycles. The molecule has 0 bridgehead atoms. The summed E-state index contributed by atoms with van der Waals surface area (Å²) in [6.07, 6.45) is 0.568. The van der Waals surface area contributed by atoms with Gasteiger partial charge in [-0.15, -0.1) is 11.3 Å². The molecule has 4 heteroatoms. The molecule has 1 atom stereocenters. The molecule has 0 radical (unpaired) electrons. The SMILES string of the molecule is OC(CNCCc1ccc(Br)s1)c1ccccc1. The van der Waals surface area contributed by atoms with Crippen molar-refractivity contribution in [3.05, 3.63) is 56.7 Å². The molecule has 0 saturated heterocycles. The van der Waals surface area contributed by atoms with Crippen molar-refractivity contribution in [2.45, 2.75) is 12.5 Å². The first kappa shape index (κ1) is 13.7. The van der Waals surface area contributed by atoms with E-state index in [1.54, 1.807) is 11.3 Å². The number of aliphatic hydroxyl groups excluding tert-OH is 1. The third-order valence-electron chi connectivity index (χ3n) is 2.70. The molecule has 2 rings (SSSR count). The van der Waals surface area contributed by atoms with Crippen molar-refractivity contribution in [3.63, 3.8) is 0 Å². The first-order valence-electron chi connectivity index (χ1n) is 5.93. The van der Waals surface area contributed by atoms with Crippen molar-refractivity contribution in [3.8, 4) is 0 Å². The number of halogens is 1. The van der Waals surface area contributed by atoms with Crippen molar-refractivity contribution >= 4 is 27.3 Å². The Kier molecular flexibility index (Phi) is 5.38. The van der Waals surface area contributed by atoms with Crippen LogP contribution in [0.5, 0.6) is 0 Å². The minimum absolute atomic E-state index is 0.429. The van der Waals surface area contributed by atoms with E-state index in [0.717, 1.165) is 18.5 Å². The monoisotopic (exact) mass is 325 g/mol. The Balaban J connectivity index is 1.69. The van der Waals surface area contributed by atoms with E-state index in [0.29, 0.717) is 6.54 Å². The number of aliphatic hydroxyl groups is 1. The highest BCUT2D eigenvalue weighted by Gasteiger charge is 2.05. The summed E-state index contributed by atoms with van der Waals surface area (Å²) < 4.78 is 1.17. The van der Waals surface area contributed by atoms with Crippen molar-refractivity contribution in [2.24, 2.45) is 0 Å². The Labute approximate surface area is 120 Å². The molecule has 0 saturated carbocycles. The van der Waals surface area contributed by atoms with E-state index in [9.17, 15) is 5.11 Å². The molecule has 0 fully saturated rings. The Morgan fingerprint density at radius 1 is 1.17 bits per heavy atom. The van der Waals surface area contributed by atoms with Crippen LogP contribution in [0.4, 0.5) is 0 Å². The van der Waals surface area contributed by atoms with Gasteiger partial charge < -0.3 is 10.4 Å². The predicted octanol–water partition coefficient (Wildman–Crippen LogP) is 3.38. The van der Waals surface area contributed by atoms with Crippen LogP contribution in [0.25, 0.3) is 0 Å². The summed E-state index contributed by atoms with van der Waals surface area (Å²) in [6, 6.07) is 13.9. The summed E-state index contributed by atoms with van der Waals surface area (Å²) in [7, 11) is 0. The van der Waals surface area contributed by atoms with Crippen LogP contribution in [0, 0.1) is 0 Å². The first-order chi connectivity index (χ1) is 8.75. The zero-order chi connectivity index (χ0) is 12.8. The second-order valence-corrected chi connectivity index (χ2v) is 6.63. The van der Waals surface area contributed by atoms with Crippen LogP contribution < -0.4 is 5.32 Å². The lowest BCUT2D eigenvalue weighted by atomic mass is 10.1. The fraction of sp³-hybridized carbons (Fsp3) is 0.286. The number of hydrogen-bond acceptors (Lipinski definition) is 3. The Bertz CT molecular complexity index is 472. The van der Waals surface area contributed by atoms with Crippen LogP contribution in [-0.2, 0) is 6.42 Å². The zero-order valence-electron chi connectivity index (χ0n) is 9.97. The van der Waals surface area contributed by atoms with Crippen LogP contribution in [-0.4, -0.2) is 18.2 Å². The number of thiophene rings is 1. The van der Waals surface area contributed by atoms with Crippen LogP contribution in [0.1, 0.15) is 16.5 Å². The Morgan fingerprint density at radius 3 is 2.61 bits per heavy atom. The van der Waals surface area contributed by atoms with Gasteiger partial charge in [0.15, 0.2) is 0 Å². The molecule has 1 unspecified atom stereocenters. The summed E-state index contributed by atoms with van der Waals surface area (Å²) in [4.78, 5) is 1.35. The van der Waals surface area contributed by atoms with Gasteiger partial charge in [0, 0.05) is 18.0 Å². The molecule has 2 N–H and O–H groups in total. The van der Waals surface area contributed by atoms with Gasteiger partial charge in [-0.2, -0.15) is 0 Å². The van der Waals surface area contributed by atoms with Gasteiger partial charge in [0.25, 0.3) is 0 Å². The summed E-state index contributed by atoms with van der Waals surface area (Å²) in [5.74, 6) is 0. The van der Waals surface area contributed by atoms with Gasteiger partial charge in [-0.05, 0) is 40.0 Å². The molecule has 2 aromatic rings. The molecular formula is C14H16BrNOS. The van der Waals surface area contributed by atoms with Crippen LogP contribution >= 0.6 is 27.3 Å². The van der Waals surface area contributed by atoms with E-state index < -0.39 is 6.10 Å². The quantitative estimate of drug-likeness (QED) is 0.798. The largest absolute Gasteiger partial charge is 0.387 e. The maximum absolute atomic E-state index is 9.95. The summed E-state index contributed by atoms with van der Waals surface area (Å²) in [5.41, 5.74) is 0.962. The van der Waals surface area contributed by atoms with Crippen LogP contribution in [0.3, 0.4) is 0 Å². The van der Waals surface area contributed by atoms with Gasteiger partial charge in [-0.1, -0.05) is 30.3 Å². The molecule has 0 spiro atoms. The molecule has 96 valence electrons. The maximum Gasteiger partial charge on any atom is 0.0914 e. The van der Waals surface area contributed by atoms with Gasteiger partial charge in [-0.25, -0.2) is 0 Å². The minimum Gasteiger partial charge on any atom is -0.387 e. The number of rotatable bonds is 6. The van der Waals surface area contributed by atoms with Crippen molar-refractivity contribution in [1.29, 1.82) is 0 Å². The van der Waals surface area contributed by atoms with Crippen LogP contribution in [0.2, 0.25) is 0 Å². The van der Waals surface area contributed by atoms with Crippen molar-refractivity contribution < 1.29 is 5.11 Å². The smallest absolute Gasteiger partial charge is 0.0914 e. The van der Waals surface area contributed by atoms with Gasteiger partial charge in [0.2, 0.25) is 0 Å². The molecule has 18 heavy (non-hydrogen) atoms. The second kappa shape index (κ2) is 7.04. The standard InChI is InChI=1S/C14H16BrNOS/c15-14-7-6-12(18-14)8-9-16-10-13(17)11-4-2-1-3-5-11/h1-7,13,16-17H,8-10H2. The number of hydrogen-bond donors (Lipinski definition) is 2. The molecule has 1 aromatic carbocycles. The summed E-state index contributed by atoms with van der Waals surface area (Å²) in [6.45, 7) is 1.48. The number of benzene rings is 1. The van der Waals surface area contributed by atoms with E-state index in [4.69, 9.17) is 0 Å². The number of nitrogens with one attached hydrogen (secondary N) is 1. The normalized spacial score (nSPS) is 12.6. The molecule has 0 aliphatic rings. The molecular weight excluding hydrogens is 310 g/mol. The van der Waals surface area contributed by atoms with E-state index >= 15 is 0 Å². The highest BCUT2D eigenvalue weighted by atomic mass is 79.9. The fourth-order valence-electron chi connectivity index (χ4n) is 1.73. The van der Waals surface area contributed by atoms with E-state index in [1.807, 2.05) is 30.3 Å². The third kappa shape index (κ3) is 4.21. The highest BCUT2D eigenvalue weighted by Crippen LogP contribution is 2.22. The third-order valence-corrected chi connectivity index (χ3v) is 4.38. The summed E-state index contributed by atoms with van der Waals surface area (Å²) in [5, 5.41) is 13.2. The van der Waals surface area contributed by atoms with Gasteiger partial charge >= 0.3 is 0 Å². The van der Waals surface area contributed by atoms with Crippen molar-refractivity contribution in [1.82, 2.24) is 5.32 Å². The highest BCUT2D eigenvalue weighted by molar-refractivity contribution is 9.11. The van der Waals surface area contributed by atoms with E-state index in [1.165, 1.54) is 8.66 Å². The molecule has 2 nitrogen and oxygen atoms in total. The lowest BCUT2D eigenvalue weighted by Crippen LogP contribution is -2.23. The average molecular weight is 326 g/mol. The zero-order valence-corrected chi connectivity index (χ0v) is 12.4. The van der Waals surface area contributed by atoms with E-state index in [-0.39, 0.29) is 0 Å². The molecule has 0 aliphatic carbocycles. The van der Waals surface area contributed by atoms with Crippen molar-refractivity contribution in [2.75, 3.05) is 13.1 Å². The predicted molar refractivity (Wildman–Crippen MR) is 80.0 cm³/mol.